The van der Waals surface area contributed by atoms with Gasteiger partial charge in [-0.25, -0.2) is 4.98 Å². The molecule has 2 amide bonds. The largest absolute Gasteiger partial charge is 0.481 e. The molecule has 0 N–H and O–H groups in total. The molecule has 29 heavy (non-hydrogen) atoms. The summed E-state index contributed by atoms with van der Waals surface area (Å²) in [4.78, 5) is 35.0. The lowest BCUT2D eigenvalue weighted by Crippen LogP contribution is -2.48. The summed E-state index contributed by atoms with van der Waals surface area (Å²) < 4.78 is 10.7. The zero-order valence-corrected chi connectivity index (χ0v) is 16.9. The number of pyridine rings is 1. The van der Waals surface area contributed by atoms with E-state index in [0.29, 0.717) is 50.8 Å². The van der Waals surface area contributed by atoms with Crippen molar-refractivity contribution < 1.29 is 19.1 Å². The summed E-state index contributed by atoms with van der Waals surface area (Å²) in [5.74, 6) is 0.646. The Balaban J connectivity index is 1.68. The third-order valence-corrected chi connectivity index (χ3v) is 5.58. The summed E-state index contributed by atoms with van der Waals surface area (Å²) >= 11 is 0. The lowest BCUT2D eigenvalue weighted by Gasteiger charge is -2.36. The Morgan fingerprint density at radius 1 is 1.00 bits per heavy atom. The predicted octanol–water partition coefficient (Wildman–Crippen LogP) is 1.38. The van der Waals surface area contributed by atoms with E-state index in [1.807, 2.05) is 34.1 Å². The highest BCUT2D eigenvalue weighted by Crippen LogP contribution is 2.31. The molecule has 0 bridgehead atoms. The number of carbonyl (C=O) groups excluding carboxylic acids is 2. The van der Waals surface area contributed by atoms with Gasteiger partial charge in [0.05, 0.1) is 31.5 Å². The van der Waals surface area contributed by atoms with Gasteiger partial charge in [0, 0.05) is 63.2 Å². The molecule has 8 heteroatoms. The summed E-state index contributed by atoms with van der Waals surface area (Å²) in [6, 6.07) is 7.53. The number of hydrogen-bond acceptors (Lipinski definition) is 6. The molecule has 2 aromatic rings. The molecule has 0 atom stereocenters. The lowest BCUT2D eigenvalue weighted by atomic mass is 10.1. The first-order valence-electron chi connectivity index (χ1n) is 9.93. The molecular weight excluding hydrogens is 372 g/mol. The molecule has 2 fully saturated rings. The summed E-state index contributed by atoms with van der Waals surface area (Å²) in [7, 11) is 1.60. The normalized spacial score (nSPS) is 17.5. The minimum atomic E-state index is 0.0124. The van der Waals surface area contributed by atoms with Gasteiger partial charge in [0.15, 0.2) is 0 Å². The van der Waals surface area contributed by atoms with Crippen LogP contribution in [0.15, 0.2) is 24.3 Å². The van der Waals surface area contributed by atoms with Crippen LogP contribution in [0.1, 0.15) is 17.3 Å². The van der Waals surface area contributed by atoms with Crippen molar-refractivity contribution in [2.75, 3.05) is 64.5 Å². The number of methoxy groups -OCH3 is 1. The van der Waals surface area contributed by atoms with Gasteiger partial charge in [-0.3, -0.25) is 9.59 Å². The Kier molecular flexibility index (Phi) is 5.53. The van der Waals surface area contributed by atoms with Crippen LogP contribution in [0.5, 0.6) is 5.88 Å². The van der Waals surface area contributed by atoms with E-state index in [0.717, 1.165) is 29.7 Å². The number of aromatic nitrogens is 1. The second-order valence-electron chi connectivity index (χ2n) is 7.31. The van der Waals surface area contributed by atoms with Crippen molar-refractivity contribution in [3.63, 3.8) is 0 Å². The van der Waals surface area contributed by atoms with Crippen molar-refractivity contribution in [3.8, 4) is 5.88 Å². The smallest absolute Gasteiger partial charge is 0.254 e. The number of carbonyl (C=O) groups is 2. The molecule has 0 saturated carbocycles. The van der Waals surface area contributed by atoms with E-state index in [1.165, 1.54) is 0 Å². The number of hydrogen-bond donors (Lipinski definition) is 0. The fraction of sp³-hybridized carbons (Fsp3) is 0.476. The Labute approximate surface area is 170 Å². The van der Waals surface area contributed by atoms with E-state index < -0.39 is 0 Å². The highest BCUT2D eigenvalue weighted by molar-refractivity contribution is 6.01. The van der Waals surface area contributed by atoms with Crippen LogP contribution in [0.25, 0.3) is 10.9 Å². The summed E-state index contributed by atoms with van der Waals surface area (Å²) in [6.07, 6.45) is 0. The fourth-order valence-electron chi connectivity index (χ4n) is 3.89. The van der Waals surface area contributed by atoms with Crippen LogP contribution in [-0.2, 0) is 9.53 Å². The van der Waals surface area contributed by atoms with Gasteiger partial charge in [-0.1, -0.05) is 0 Å². The van der Waals surface area contributed by atoms with Crippen molar-refractivity contribution in [2.45, 2.75) is 6.92 Å². The highest BCUT2D eigenvalue weighted by Gasteiger charge is 2.23. The number of anilines is 1. The van der Waals surface area contributed by atoms with Crippen LogP contribution >= 0.6 is 0 Å². The molecule has 2 saturated heterocycles. The SMILES string of the molecule is COc1cc(N2CCN(C(C)=O)CC2)c2cc(C(=O)N3CCOCC3)ccc2n1. The monoisotopic (exact) mass is 398 g/mol. The Bertz CT molecular complexity index is 918. The number of rotatable bonds is 3. The predicted molar refractivity (Wildman–Crippen MR) is 109 cm³/mol. The van der Waals surface area contributed by atoms with Gasteiger partial charge in [-0.2, -0.15) is 0 Å². The Hall–Kier alpha value is -2.87. The van der Waals surface area contributed by atoms with Crippen LogP contribution in [0, 0.1) is 0 Å². The zero-order valence-electron chi connectivity index (χ0n) is 16.9. The van der Waals surface area contributed by atoms with Crippen LogP contribution in [-0.4, -0.2) is 86.2 Å². The molecule has 2 aliphatic rings. The lowest BCUT2D eigenvalue weighted by molar-refractivity contribution is -0.129. The van der Waals surface area contributed by atoms with Gasteiger partial charge in [-0.15, -0.1) is 0 Å². The quantitative estimate of drug-likeness (QED) is 0.778. The van der Waals surface area contributed by atoms with Crippen LogP contribution in [0.3, 0.4) is 0 Å². The topological polar surface area (TPSA) is 75.2 Å². The average molecular weight is 398 g/mol. The third-order valence-electron chi connectivity index (χ3n) is 5.58. The van der Waals surface area contributed by atoms with Gasteiger partial charge >= 0.3 is 0 Å². The number of nitrogens with zero attached hydrogens (tertiary/aromatic N) is 4. The number of fused-ring (bicyclic) bond motifs is 1. The third kappa shape index (κ3) is 3.98. The van der Waals surface area contributed by atoms with E-state index in [2.05, 4.69) is 9.88 Å². The minimum Gasteiger partial charge on any atom is -0.481 e. The molecule has 2 aliphatic heterocycles. The standard InChI is InChI=1S/C21H26N4O4/c1-15(26)23-5-7-24(8-6-23)19-14-20(28-2)22-18-4-3-16(13-17(18)19)21(27)25-9-11-29-12-10-25/h3-4,13-14H,5-12H2,1-2H3. The fourth-order valence-corrected chi connectivity index (χ4v) is 3.89. The molecule has 1 aromatic heterocycles. The van der Waals surface area contributed by atoms with E-state index in [1.54, 1.807) is 14.0 Å². The van der Waals surface area contributed by atoms with Crippen molar-refractivity contribution in [1.82, 2.24) is 14.8 Å². The van der Waals surface area contributed by atoms with Crippen molar-refractivity contribution in [2.24, 2.45) is 0 Å². The molecule has 0 spiro atoms. The maximum Gasteiger partial charge on any atom is 0.254 e. The number of amides is 2. The molecule has 0 aliphatic carbocycles. The number of ether oxygens (including phenoxy) is 2. The number of benzene rings is 1. The molecule has 0 radical (unpaired) electrons. The van der Waals surface area contributed by atoms with Gasteiger partial charge < -0.3 is 24.2 Å². The van der Waals surface area contributed by atoms with Gasteiger partial charge in [0.2, 0.25) is 11.8 Å². The molecule has 4 rings (SSSR count). The number of morpholine rings is 1. The van der Waals surface area contributed by atoms with E-state index in [9.17, 15) is 9.59 Å². The Morgan fingerprint density at radius 2 is 1.72 bits per heavy atom. The maximum absolute atomic E-state index is 12.9. The molecule has 8 nitrogen and oxygen atoms in total. The van der Waals surface area contributed by atoms with Gasteiger partial charge in [-0.05, 0) is 18.2 Å². The second kappa shape index (κ2) is 8.24. The summed E-state index contributed by atoms with van der Waals surface area (Å²) in [5.41, 5.74) is 2.41. The molecule has 154 valence electrons. The van der Waals surface area contributed by atoms with Crippen LogP contribution in [0.2, 0.25) is 0 Å². The first-order chi connectivity index (χ1) is 14.1. The second-order valence-corrected chi connectivity index (χ2v) is 7.31. The van der Waals surface area contributed by atoms with Gasteiger partial charge in [0.1, 0.15) is 0 Å². The van der Waals surface area contributed by atoms with E-state index in [-0.39, 0.29) is 11.8 Å². The van der Waals surface area contributed by atoms with Crippen LogP contribution in [0.4, 0.5) is 5.69 Å². The maximum atomic E-state index is 12.9. The molecule has 0 unspecified atom stereocenters. The highest BCUT2D eigenvalue weighted by atomic mass is 16.5. The van der Waals surface area contributed by atoms with E-state index >= 15 is 0 Å². The average Bonchev–Trinajstić information content (AvgIpc) is 2.78. The molecule has 1 aromatic carbocycles. The van der Waals surface area contributed by atoms with Crippen molar-refractivity contribution >= 4 is 28.4 Å². The molecule has 3 heterocycles. The van der Waals surface area contributed by atoms with Crippen LogP contribution < -0.4 is 9.64 Å². The molecular formula is C21H26N4O4. The minimum absolute atomic E-state index is 0.0124. The zero-order chi connectivity index (χ0) is 20.4. The van der Waals surface area contributed by atoms with Crippen molar-refractivity contribution in [3.05, 3.63) is 29.8 Å². The number of piperazine rings is 1. The first kappa shape index (κ1) is 19.4. The summed E-state index contributed by atoms with van der Waals surface area (Å²) in [6.45, 7) is 6.77. The first-order valence-corrected chi connectivity index (χ1v) is 9.93. The van der Waals surface area contributed by atoms with Crippen molar-refractivity contribution in [1.29, 1.82) is 0 Å². The van der Waals surface area contributed by atoms with Gasteiger partial charge in [0.25, 0.3) is 5.91 Å². The summed E-state index contributed by atoms with van der Waals surface area (Å²) in [5, 5.41) is 0.918. The van der Waals surface area contributed by atoms with E-state index in [4.69, 9.17) is 9.47 Å². The Morgan fingerprint density at radius 3 is 2.38 bits per heavy atom.